The molecule has 0 aromatic carbocycles. The van der Waals surface area contributed by atoms with Crippen molar-refractivity contribution in [2.45, 2.75) is 44.7 Å². The minimum Gasteiger partial charge on any atom is -0.368 e. The summed E-state index contributed by atoms with van der Waals surface area (Å²) < 4.78 is 1.85. The Kier molecular flexibility index (Phi) is 3.64. The highest BCUT2D eigenvalue weighted by atomic mass is 35.5. The Bertz CT molecular complexity index is 459. The summed E-state index contributed by atoms with van der Waals surface area (Å²) in [6.07, 6.45) is 5.04. The van der Waals surface area contributed by atoms with Gasteiger partial charge in [0.1, 0.15) is 0 Å². The topological polar surface area (TPSA) is 86.9 Å². The second-order valence-electron chi connectivity index (χ2n) is 5.08. The minimum absolute atomic E-state index is 0.136. The van der Waals surface area contributed by atoms with Crippen molar-refractivity contribution in [1.82, 2.24) is 9.78 Å². The number of hydrogen-bond donors (Lipinski definition) is 2. The molecule has 0 saturated heterocycles. The lowest BCUT2D eigenvalue weighted by Gasteiger charge is -2.28. The summed E-state index contributed by atoms with van der Waals surface area (Å²) in [7, 11) is 0. The van der Waals surface area contributed by atoms with Crippen LogP contribution in [0, 0.1) is 12.8 Å². The average molecular weight is 271 g/mol. The summed E-state index contributed by atoms with van der Waals surface area (Å²) in [6.45, 7) is 2.64. The van der Waals surface area contributed by atoms with Crippen LogP contribution in [-0.2, 0) is 11.3 Å². The maximum Gasteiger partial charge on any atom is 0.237 e. The van der Waals surface area contributed by atoms with E-state index in [0.29, 0.717) is 11.4 Å². The first-order chi connectivity index (χ1) is 8.45. The van der Waals surface area contributed by atoms with Gasteiger partial charge >= 0.3 is 0 Å². The zero-order chi connectivity index (χ0) is 13.3. The number of amides is 1. The van der Waals surface area contributed by atoms with Gasteiger partial charge in [0.25, 0.3) is 0 Å². The zero-order valence-electron chi connectivity index (χ0n) is 10.5. The molecule has 0 radical (unpaired) electrons. The van der Waals surface area contributed by atoms with E-state index in [0.717, 1.165) is 31.5 Å². The van der Waals surface area contributed by atoms with Crippen molar-refractivity contribution in [3.63, 3.8) is 0 Å². The van der Waals surface area contributed by atoms with Crippen molar-refractivity contribution in [2.24, 2.45) is 17.4 Å². The maximum absolute atomic E-state index is 11.5. The van der Waals surface area contributed by atoms with Gasteiger partial charge in [0.15, 0.2) is 0 Å². The molecule has 1 amide bonds. The standard InChI is InChI=1S/C12H19ClN4O/c1-8-10(13)7-16-17(8)6-4-9-3-2-5-12(9,15)11(14)18/h7,9H,2-6,15H2,1H3,(H2,14,18). The van der Waals surface area contributed by atoms with Crippen molar-refractivity contribution in [3.05, 3.63) is 16.9 Å². The molecule has 1 aliphatic rings. The van der Waals surface area contributed by atoms with Crippen LogP contribution in [0.25, 0.3) is 0 Å². The normalized spacial score (nSPS) is 27.6. The summed E-state index contributed by atoms with van der Waals surface area (Å²) in [5.41, 5.74) is 11.6. The van der Waals surface area contributed by atoms with Gasteiger partial charge in [0, 0.05) is 6.54 Å². The molecular weight excluding hydrogens is 252 g/mol. The number of halogens is 1. The number of hydrogen-bond acceptors (Lipinski definition) is 3. The Morgan fingerprint density at radius 2 is 2.44 bits per heavy atom. The number of rotatable bonds is 4. The average Bonchev–Trinajstić information content (AvgIpc) is 2.84. The number of nitrogens with two attached hydrogens (primary N) is 2. The van der Waals surface area contributed by atoms with E-state index >= 15 is 0 Å². The molecule has 18 heavy (non-hydrogen) atoms. The second-order valence-corrected chi connectivity index (χ2v) is 5.49. The largest absolute Gasteiger partial charge is 0.368 e. The molecule has 2 atom stereocenters. The molecule has 2 unspecified atom stereocenters. The van der Waals surface area contributed by atoms with E-state index in [2.05, 4.69) is 5.10 Å². The molecule has 100 valence electrons. The summed E-state index contributed by atoms with van der Waals surface area (Å²) in [4.78, 5) is 11.5. The molecule has 1 heterocycles. The number of aryl methyl sites for hydroxylation is 1. The number of carbonyl (C=O) groups excluding carboxylic acids is 1. The van der Waals surface area contributed by atoms with Crippen LogP contribution in [0.4, 0.5) is 0 Å². The Morgan fingerprint density at radius 1 is 1.72 bits per heavy atom. The third-order valence-electron chi connectivity index (χ3n) is 4.06. The first-order valence-corrected chi connectivity index (χ1v) is 6.59. The van der Waals surface area contributed by atoms with Gasteiger partial charge in [0.2, 0.25) is 5.91 Å². The number of primary amides is 1. The highest BCUT2D eigenvalue weighted by Gasteiger charge is 2.43. The van der Waals surface area contributed by atoms with Gasteiger partial charge < -0.3 is 11.5 Å². The molecule has 1 fully saturated rings. The first-order valence-electron chi connectivity index (χ1n) is 6.22. The molecular formula is C12H19ClN4O. The Hall–Kier alpha value is -1.07. The predicted octanol–water partition coefficient (Wildman–Crippen LogP) is 1.22. The van der Waals surface area contributed by atoms with Gasteiger partial charge in [-0.25, -0.2) is 0 Å². The van der Waals surface area contributed by atoms with Gasteiger partial charge in [-0.3, -0.25) is 9.48 Å². The van der Waals surface area contributed by atoms with Crippen molar-refractivity contribution in [1.29, 1.82) is 0 Å². The maximum atomic E-state index is 11.5. The summed E-state index contributed by atoms with van der Waals surface area (Å²) in [6, 6.07) is 0. The van der Waals surface area contributed by atoms with E-state index in [4.69, 9.17) is 23.1 Å². The monoisotopic (exact) mass is 270 g/mol. The predicted molar refractivity (Wildman–Crippen MR) is 70.0 cm³/mol. The Labute approximate surface area is 111 Å². The van der Waals surface area contributed by atoms with Crippen molar-refractivity contribution >= 4 is 17.5 Å². The lowest BCUT2D eigenvalue weighted by Crippen LogP contribution is -2.54. The van der Waals surface area contributed by atoms with E-state index in [9.17, 15) is 4.79 Å². The molecule has 5 nitrogen and oxygen atoms in total. The molecule has 1 aromatic heterocycles. The van der Waals surface area contributed by atoms with Crippen LogP contribution in [-0.4, -0.2) is 21.2 Å². The molecule has 1 aliphatic carbocycles. The second kappa shape index (κ2) is 4.90. The van der Waals surface area contributed by atoms with Crippen LogP contribution in [0.5, 0.6) is 0 Å². The fraction of sp³-hybridized carbons (Fsp3) is 0.667. The molecule has 0 aliphatic heterocycles. The summed E-state index contributed by atoms with van der Waals surface area (Å²) >= 11 is 5.95. The molecule has 0 spiro atoms. The van der Waals surface area contributed by atoms with Crippen molar-refractivity contribution < 1.29 is 4.79 Å². The SMILES string of the molecule is Cc1c(Cl)cnn1CCC1CCCC1(N)C(N)=O. The number of carbonyl (C=O) groups is 1. The van der Waals surface area contributed by atoms with Gasteiger partial charge in [-0.15, -0.1) is 0 Å². The van der Waals surface area contributed by atoms with E-state index in [-0.39, 0.29) is 11.8 Å². The van der Waals surface area contributed by atoms with Crippen LogP contribution in [0.3, 0.4) is 0 Å². The summed E-state index contributed by atoms with van der Waals surface area (Å²) in [5, 5.41) is 4.86. The fourth-order valence-corrected chi connectivity index (χ4v) is 2.90. The van der Waals surface area contributed by atoms with Gasteiger partial charge in [-0.05, 0) is 32.1 Å². The van der Waals surface area contributed by atoms with E-state index in [1.165, 1.54) is 0 Å². The Morgan fingerprint density at radius 3 is 3.00 bits per heavy atom. The molecule has 2 rings (SSSR count). The third kappa shape index (κ3) is 2.24. The molecule has 1 aromatic rings. The van der Waals surface area contributed by atoms with E-state index in [1.807, 2.05) is 11.6 Å². The quantitative estimate of drug-likeness (QED) is 0.862. The minimum atomic E-state index is -0.842. The van der Waals surface area contributed by atoms with E-state index < -0.39 is 5.54 Å². The van der Waals surface area contributed by atoms with E-state index in [1.54, 1.807) is 6.20 Å². The molecule has 0 bridgehead atoms. The number of nitrogens with zero attached hydrogens (tertiary/aromatic N) is 2. The van der Waals surface area contributed by atoms with Crippen LogP contribution < -0.4 is 11.5 Å². The molecule has 4 N–H and O–H groups in total. The Balaban J connectivity index is 2.02. The van der Waals surface area contributed by atoms with Gasteiger partial charge in [0.05, 0.1) is 22.5 Å². The highest BCUT2D eigenvalue weighted by molar-refractivity contribution is 6.31. The first kappa shape index (κ1) is 13.4. The fourth-order valence-electron chi connectivity index (χ4n) is 2.76. The third-order valence-corrected chi connectivity index (χ3v) is 4.43. The smallest absolute Gasteiger partial charge is 0.237 e. The summed E-state index contributed by atoms with van der Waals surface area (Å²) in [5.74, 6) is -0.252. The molecule has 6 heteroatoms. The highest BCUT2D eigenvalue weighted by Crippen LogP contribution is 2.36. The van der Waals surface area contributed by atoms with Crippen LogP contribution >= 0.6 is 11.6 Å². The van der Waals surface area contributed by atoms with Gasteiger partial charge in [-0.1, -0.05) is 18.0 Å². The number of aromatic nitrogens is 2. The lowest BCUT2D eigenvalue weighted by atomic mass is 9.85. The van der Waals surface area contributed by atoms with Crippen molar-refractivity contribution in [3.8, 4) is 0 Å². The zero-order valence-corrected chi connectivity index (χ0v) is 11.3. The van der Waals surface area contributed by atoms with Crippen LogP contribution in [0.1, 0.15) is 31.4 Å². The van der Waals surface area contributed by atoms with Gasteiger partial charge in [-0.2, -0.15) is 5.10 Å². The molecule has 1 saturated carbocycles. The van der Waals surface area contributed by atoms with Crippen molar-refractivity contribution in [2.75, 3.05) is 0 Å². The van der Waals surface area contributed by atoms with Crippen LogP contribution in [0.15, 0.2) is 6.20 Å². The lowest BCUT2D eigenvalue weighted by molar-refractivity contribution is -0.124. The van der Waals surface area contributed by atoms with Crippen LogP contribution in [0.2, 0.25) is 5.02 Å².